The van der Waals surface area contributed by atoms with E-state index in [0.717, 1.165) is 38.8 Å². The average Bonchev–Trinajstić information content (AvgIpc) is 3.22. The van der Waals surface area contributed by atoms with E-state index < -0.39 is 12.0 Å². The molecule has 0 aromatic carbocycles. The van der Waals surface area contributed by atoms with Crippen molar-refractivity contribution in [2.24, 2.45) is 0 Å². The maximum Gasteiger partial charge on any atom is 0.322 e. The maximum absolute atomic E-state index is 11.4. The molecule has 0 aromatic rings. The molecule has 2 N–H and O–H groups in total. The molecular formula is C14H24N2O3. The molecule has 5 nitrogen and oxygen atoms in total. The van der Waals surface area contributed by atoms with Gasteiger partial charge in [-0.2, -0.15) is 0 Å². The molecule has 2 aliphatic carbocycles. The minimum absolute atomic E-state index is 0.331. The van der Waals surface area contributed by atoms with Gasteiger partial charge in [0.05, 0.1) is 12.7 Å². The fraction of sp³-hybridized carbons (Fsp3) is 0.929. The lowest BCUT2D eigenvalue weighted by molar-refractivity contribution is -0.142. The topological polar surface area (TPSA) is 61.8 Å². The summed E-state index contributed by atoms with van der Waals surface area (Å²) < 4.78 is 5.84. The molecule has 1 saturated heterocycles. The van der Waals surface area contributed by atoms with Crippen molar-refractivity contribution in [1.82, 2.24) is 10.2 Å². The Hall–Kier alpha value is -0.650. The summed E-state index contributed by atoms with van der Waals surface area (Å²) in [5.41, 5.74) is 0. The minimum Gasteiger partial charge on any atom is -0.480 e. The monoisotopic (exact) mass is 268 g/mol. The van der Waals surface area contributed by atoms with Crippen LogP contribution in [0.2, 0.25) is 0 Å². The Morgan fingerprint density at radius 2 is 2.11 bits per heavy atom. The van der Waals surface area contributed by atoms with Gasteiger partial charge in [0.15, 0.2) is 0 Å². The Bertz CT molecular complexity index is 331. The number of fused-ring (bicyclic) bond motifs is 1. The van der Waals surface area contributed by atoms with Crippen LogP contribution in [0.1, 0.15) is 38.5 Å². The highest BCUT2D eigenvalue weighted by Crippen LogP contribution is 2.28. The predicted octanol–water partition coefficient (Wildman–Crippen LogP) is 0.835. The highest BCUT2D eigenvalue weighted by atomic mass is 16.5. The number of morpholine rings is 1. The number of aliphatic carboxylic acids is 1. The van der Waals surface area contributed by atoms with Gasteiger partial charge in [-0.05, 0) is 25.7 Å². The molecule has 1 heterocycles. The molecule has 0 spiro atoms. The average molecular weight is 268 g/mol. The highest BCUT2D eigenvalue weighted by molar-refractivity contribution is 5.73. The lowest BCUT2D eigenvalue weighted by Gasteiger charge is -2.44. The van der Waals surface area contributed by atoms with Crippen molar-refractivity contribution in [3.8, 4) is 0 Å². The first kappa shape index (κ1) is 13.3. The van der Waals surface area contributed by atoms with E-state index in [4.69, 9.17) is 4.74 Å². The van der Waals surface area contributed by atoms with E-state index in [1.165, 1.54) is 12.8 Å². The molecular weight excluding hydrogens is 244 g/mol. The quantitative estimate of drug-likeness (QED) is 0.773. The summed E-state index contributed by atoms with van der Waals surface area (Å²) >= 11 is 0. The molecule has 3 unspecified atom stereocenters. The molecule has 0 bridgehead atoms. The van der Waals surface area contributed by atoms with E-state index in [9.17, 15) is 9.90 Å². The second-order valence-corrected chi connectivity index (χ2v) is 6.09. The van der Waals surface area contributed by atoms with E-state index >= 15 is 0 Å². The van der Waals surface area contributed by atoms with Gasteiger partial charge >= 0.3 is 5.97 Å². The smallest absolute Gasteiger partial charge is 0.322 e. The molecule has 108 valence electrons. The fourth-order valence-electron chi connectivity index (χ4n) is 3.37. The van der Waals surface area contributed by atoms with Gasteiger partial charge in [-0.1, -0.05) is 12.8 Å². The number of carbonyl (C=O) groups is 1. The number of nitrogens with zero attached hydrogens (tertiary/aromatic N) is 1. The van der Waals surface area contributed by atoms with Crippen molar-refractivity contribution in [1.29, 1.82) is 0 Å². The zero-order valence-corrected chi connectivity index (χ0v) is 11.4. The Morgan fingerprint density at radius 3 is 2.84 bits per heavy atom. The first-order valence-electron chi connectivity index (χ1n) is 7.58. The fourth-order valence-corrected chi connectivity index (χ4v) is 3.37. The molecule has 3 fully saturated rings. The van der Waals surface area contributed by atoms with Crippen molar-refractivity contribution in [3.63, 3.8) is 0 Å². The third-order valence-electron chi connectivity index (χ3n) is 4.58. The summed E-state index contributed by atoms with van der Waals surface area (Å²) in [5.74, 6) is -0.717. The Morgan fingerprint density at radius 1 is 1.32 bits per heavy atom. The van der Waals surface area contributed by atoms with Crippen LogP contribution >= 0.6 is 0 Å². The summed E-state index contributed by atoms with van der Waals surface area (Å²) in [4.78, 5) is 13.7. The van der Waals surface area contributed by atoms with Crippen LogP contribution in [0.4, 0.5) is 0 Å². The number of ether oxygens (including phenoxy) is 1. The first-order valence-corrected chi connectivity index (χ1v) is 7.58. The molecule has 1 aliphatic heterocycles. The Labute approximate surface area is 114 Å². The Kier molecular flexibility index (Phi) is 4.05. The largest absolute Gasteiger partial charge is 0.480 e. The summed E-state index contributed by atoms with van der Waals surface area (Å²) in [6.45, 7) is 2.24. The minimum atomic E-state index is -0.717. The van der Waals surface area contributed by atoms with Gasteiger partial charge in [0.25, 0.3) is 0 Å². The van der Waals surface area contributed by atoms with Gasteiger partial charge in [0.2, 0.25) is 0 Å². The van der Waals surface area contributed by atoms with Gasteiger partial charge in [0, 0.05) is 25.2 Å². The normalized spacial score (nSPS) is 33.7. The maximum atomic E-state index is 11.4. The second-order valence-electron chi connectivity index (χ2n) is 6.09. The van der Waals surface area contributed by atoms with E-state index in [1.54, 1.807) is 0 Å². The second kappa shape index (κ2) is 5.77. The van der Waals surface area contributed by atoms with E-state index in [2.05, 4.69) is 10.2 Å². The zero-order valence-electron chi connectivity index (χ0n) is 11.4. The number of nitrogens with one attached hydrogen (secondary N) is 1. The van der Waals surface area contributed by atoms with Crippen molar-refractivity contribution in [3.05, 3.63) is 0 Å². The van der Waals surface area contributed by atoms with Crippen molar-refractivity contribution >= 4 is 5.97 Å². The van der Waals surface area contributed by atoms with Crippen molar-refractivity contribution in [2.45, 2.75) is 62.8 Å². The van der Waals surface area contributed by atoms with Crippen LogP contribution in [0.15, 0.2) is 0 Å². The van der Waals surface area contributed by atoms with Crippen LogP contribution in [-0.4, -0.2) is 59.9 Å². The van der Waals surface area contributed by atoms with E-state index in [1.807, 2.05) is 0 Å². The van der Waals surface area contributed by atoms with Crippen molar-refractivity contribution < 1.29 is 14.6 Å². The van der Waals surface area contributed by atoms with Crippen LogP contribution in [0.5, 0.6) is 0 Å². The molecule has 0 radical (unpaired) electrons. The molecule has 3 aliphatic rings. The predicted molar refractivity (Wildman–Crippen MR) is 71.2 cm³/mol. The lowest BCUT2D eigenvalue weighted by Crippen LogP contribution is -2.57. The molecule has 0 aromatic heterocycles. The van der Waals surface area contributed by atoms with Gasteiger partial charge in [-0.15, -0.1) is 0 Å². The third kappa shape index (κ3) is 3.27. The van der Waals surface area contributed by atoms with Crippen LogP contribution in [0, 0.1) is 0 Å². The van der Waals surface area contributed by atoms with Gasteiger partial charge in [-0.25, -0.2) is 0 Å². The molecule has 0 amide bonds. The summed E-state index contributed by atoms with van der Waals surface area (Å²) in [6, 6.07) is 0.447. The highest BCUT2D eigenvalue weighted by Gasteiger charge is 2.37. The SMILES string of the molecule is O=C(O)C(CN1CCOC2CCCCC21)NC1CC1. The van der Waals surface area contributed by atoms with Crippen LogP contribution in [-0.2, 0) is 9.53 Å². The number of carboxylic acids is 1. The number of hydrogen-bond donors (Lipinski definition) is 2. The number of carboxylic acid groups (broad SMARTS) is 1. The molecule has 19 heavy (non-hydrogen) atoms. The summed E-state index contributed by atoms with van der Waals surface area (Å²) in [5, 5.41) is 12.6. The molecule has 5 heteroatoms. The van der Waals surface area contributed by atoms with Gasteiger partial charge in [0.1, 0.15) is 6.04 Å². The van der Waals surface area contributed by atoms with Crippen molar-refractivity contribution in [2.75, 3.05) is 19.7 Å². The first-order chi connectivity index (χ1) is 9.24. The van der Waals surface area contributed by atoms with Crippen LogP contribution < -0.4 is 5.32 Å². The van der Waals surface area contributed by atoms with E-state index in [-0.39, 0.29) is 0 Å². The molecule has 3 rings (SSSR count). The number of hydrogen-bond acceptors (Lipinski definition) is 4. The van der Waals surface area contributed by atoms with Gasteiger partial charge in [-0.3, -0.25) is 9.69 Å². The lowest BCUT2D eigenvalue weighted by atomic mass is 9.90. The summed E-state index contributed by atoms with van der Waals surface area (Å²) in [6.07, 6.45) is 7.36. The molecule has 3 atom stereocenters. The zero-order chi connectivity index (χ0) is 13.2. The standard InChI is InChI=1S/C14H24N2O3/c17-14(18)11(15-10-5-6-10)9-16-7-8-19-13-4-2-1-3-12(13)16/h10-13,15H,1-9H2,(H,17,18). The number of rotatable bonds is 5. The Balaban J connectivity index is 1.60. The van der Waals surface area contributed by atoms with Gasteiger partial charge < -0.3 is 15.2 Å². The van der Waals surface area contributed by atoms with Crippen LogP contribution in [0.3, 0.4) is 0 Å². The van der Waals surface area contributed by atoms with E-state index in [0.29, 0.717) is 24.7 Å². The van der Waals surface area contributed by atoms with Crippen LogP contribution in [0.25, 0.3) is 0 Å². The molecule has 2 saturated carbocycles. The third-order valence-corrected chi connectivity index (χ3v) is 4.58. The summed E-state index contributed by atoms with van der Waals surface area (Å²) in [7, 11) is 0.